The highest BCUT2D eigenvalue weighted by Gasteiger charge is 2.07. The summed E-state index contributed by atoms with van der Waals surface area (Å²) in [6.45, 7) is 0.355. The Bertz CT molecular complexity index is 688. The van der Waals surface area contributed by atoms with Gasteiger partial charge in [-0.25, -0.2) is 9.78 Å². The van der Waals surface area contributed by atoms with E-state index in [1.807, 2.05) is 42.5 Å². The fraction of sp³-hybridized carbons (Fsp3) is 0.125. The average Bonchev–Trinajstić information content (AvgIpc) is 2.90. The molecule has 0 amide bonds. The normalized spacial score (nSPS) is 10.6. The van der Waals surface area contributed by atoms with Crippen molar-refractivity contribution >= 4 is 27.5 Å². The number of carbonyl (C=O) groups excluding carboxylic acids is 1. The number of hydrogen-bond donors (Lipinski definition) is 0. The highest BCUT2D eigenvalue weighted by Crippen LogP contribution is 2.21. The number of fused-ring (bicyclic) bond motifs is 1. The van der Waals surface area contributed by atoms with E-state index in [0.717, 1.165) is 15.2 Å². The molecule has 0 saturated heterocycles. The third-order valence-corrected chi connectivity index (χ3v) is 3.99. The topological polar surface area (TPSA) is 39.2 Å². The largest absolute Gasteiger partial charge is 0.462 e. The lowest BCUT2D eigenvalue weighted by Gasteiger charge is -2.02. The number of carbonyl (C=O) groups is 1. The maximum Gasteiger partial charge on any atom is 0.338 e. The van der Waals surface area contributed by atoms with Crippen LogP contribution < -0.4 is 0 Å². The van der Waals surface area contributed by atoms with Crippen LogP contribution >= 0.6 is 11.3 Å². The Morgan fingerprint density at radius 2 is 1.80 bits per heavy atom. The van der Waals surface area contributed by atoms with Crippen LogP contribution in [0.25, 0.3) is 10.2 Å². The van der Waals surface area contributed by atoms with Crippen LogP contribution in [0.5, 0.6) is 0 Å². The average molecular weight is 283 g/mol. The molecule has 20 heavy (non-hydrogen) atoms. The Morgan fingerprint density at radius 1 is 1.05 bits per heavy atom. The van der Waals surface area contributed by atoms with E-state index in [4.69, 9.17) is 4.74 Å². The van der Waals surface area contributed by atoms with Crippen molar-refractivity contribution in [3.05, 3.63) is 65.2 Å². The fourth-order valence-corrected chi connectivity index (χ4v) is 2.86. The standard InChI is InChI=1S/C16H13NO2S/c18-16(12-6-2-1-3-7-12)19-11-10-15-17-13-8-4-5-9-14(13)20-15/h1-9H,10-11H2. The number of para-hydroxylation sites is 1. The number of benzene rings is 2. The quantitative estimate of drug-likeness (QED) is 0.685. The van der Waals surface area contributed by atoms with Gasteiger partial charge in [0.25, 0.3) is 0 Å². The molecule has 1 aromatic heterocycles. The molecule has 100 valence electrons. The van der Waals surface area contributed by atoms with E-state index < -0.39 is 0 Å². The number of nitrogens with zero attached hydrogens (tertiary/aromatic N) is 1. The van der Waals surface area contributed by atoms with Gasteiger partial charge in [0.15, 0.2) is 0 Å². The number of thiazole rings is 1. The van der Waals surface area contributed by atoms with Crippen LogP contribution in [0.15, 0.2) is 54.6 Å². The summed E-state index contributed by atoms with van der Waals surface area (Å²) in [5, 5.41) is 0.993. The van der Waals surface area contributed by atoms with Crippen molar-refractivity contribution in [2.45, 2.75) is 6.42 Å². The molecule has 0 saturated carbocycles. The summed E-state index contributed by atoms with van der Waals surface area (Å²) in [6, 6.07) is 17.0. The molecule has 0 atom stereocenters. The van der Waals surface area contributed by atoms with Crippen LogP contribution in [0.1, 0.15) is 15.4 Å². The summed E-state index contributed by atoms with van der Waals surface area (Å²) in [5.41, 5.74) is 1.58. The molecule has 0 bridgehead atoms. The lowest BCUT2D eigenvalue weighted by Crippen LogP contribution is -2.07. The summed E-state index contributed by atoms with van der Waals surface area (Å²) >= 11 is 1.64. The van der Waals surface area contributed by atoms with E-state index in [1.54, 1.807) is 23.5 Å². The summed E-state index contributed by atoms with van der Waals surface area (Å²) in [4.78, 5) is 16.3. The van der Waals surface area contributed by atoms with Gasteiger partial charge in [-0.1, -0.05) is 30.3 Å². The molecule has 0 N–H and O–H groups in total. The molecule has 1 heterocycles. The van der Waals surface area contributed by atoms with E-state index in [-0.39, 0.29) is 5.97 Å². The monoisotopic (exact) mass is 283 g/mol. The molecule has 0 fully saturated rings. The maximum atomic E-state index is 11.8. The van der Waals surface area contributed by atoms with Gasteiger partial charge in [0.1, 0.15) is 0 Å². The smallest absolute Gasteiger partial charge is 0.338 e. The summed E-state index contributed by atoms with van der Waals surface area (Å²) in [7, 11) is 0. The zero-order valence-electron chi connectivity index (χ0n) is 10.8. The first-order valence-corrected chi connectivity index (χ1v) is 7.21. The minimum atomic E-state index is -0.285. The molecule has 2 aromatic carbocycles. The van der Waals surface area contributed by atoms with Crippen LogP contribution in [0, 0.1) is 0 Å². The third-order valence-electron chi connectivity index (χ3n) is 2.90. The summed E-state index contributed by atoms with van der Waals surface area (Å²) in [5.74, 6) is -0.285. The van der Waals surface area contributed by atoms with Gasteiger partial charge in [0.2, 0.25) is 0 Å². The second-order valence-corrected chi connectivity index (χ2v) is 5.44. The van der Waals surface area contributed by atoms with Gasteiger partial charge in [0, 0.05) is 6.42 Å². The van der Waals surface area contributed by atoms with Gasteiger partial charge < -0.3 is 4.74 Å². The number of aromatic nitrogens is 1. The molecule has 0 spiro atoms. The molecular formula is C16H13NO2S. The second-order valence-electron chi connectivity index (χ2n) is 4.33. The Balaban J connectivity index is 1.58. The molecule has 0 unspecified atom stereocenters. The number of esters is 1. The minimum Gasteiger partial charge on any atom is -0.462 e. The van der Waals surface area contributed by atoms with Crippen LogP contribution in [-0.4, -0.2) is 17.6 Å². The number of rotatable bonds is 4. The lowest BCUT2D eigenvalue weighted by atomic mass is 10.2. The first-order valence-electron chi connectivity index (χ1n) is 6.39. The third kappa shape index (κ3) is 2.86. The van der Waals surface area contributed by atoms with Gasteiger partial charge in [-0.3, -0.25) is 0 Å². The molecule has 4 heteroatoms. The van der Waals surface area contributed by atoms with E-state index in [1.165, 1.54) is 0 Å². The Morgan fingerprint density at radius 3 is 2.60 bits per heavy atom. The Kier molecular flexibility index (Phi) is 3.74. The fourth-order valence-electron chi connectivity index (χ4n) is 1.92. The molecular weight excluding hydrogens is 270 g/mol. The lowest BCUT2D eigenvalue weighted by molar-refractivity contribution is 0.0509. The summed E-state index contributed by atoms with van der Waals surface area (Å²) < 4.78 is 6.42. The Hall–Kier alpha value is -2.20. The van der Waals surface area contributed by atoms with Gasteiger partial charge in [0.05, 0.1) is 27.4 Å². The predicted molar refractivity (Wildman–Crippen MR) is 80.0 cm³/mol. The molecule has 3 rings (SSSR count). The van der Waals surface area contributed by atoms with Gasteiger partial charge in [-0.15, -0.1) is 11.3 Å². The van der Waals surface area contributed by atoms with Crippen LogP contribution in [0.3, 0.4) is 0 Å². The van der Waals surface area contributed by atoms with E-state index in [2.05, 4.69) is 4.98 Å². The molecule has 0 aliphatic heterocycles. The SMILES string of the molecule is O=C(OCCc1nc2ccccc2s1)c1ccccc1. The predicted octanol–water partition coefficient (Wildman–Crippen LogP) is 3.70. The second kappa shape index (κ2) is 5.84. The van der Waals surface area contributed by atoms with Crippen LogP contribution in [0.2, 0.25) is 0 Å². The maximum absolute atomic E-state index is 11.8. The van der Waals surface area contributed by atoms with Gasteiger partial charge >= 0.3 is 5.97 Å². The zero-order chi connectivity index (χ0) is 13.8. The van der Waals surface area contributed by atoms with Crippen molar-refractivity contribution in [2.75, 3.05) is 6.61 Å². The summed E-state index contributed by atoms with van der Waals surface area (Å²) in [6.07, 6.45) is 0.651. The highest BCUT2D eigenvalue weighted by molar-refractivity contribution is 7.18. The van der Waals surface area contributed by atoms with Gasteiger partial charge in [-0.2, -0.15) is 0 Å². The van der Waals surface area contributed by atoms with E-state index >= 15 is 0 Å². The molecule has 0 aliphatic rings. The van der Waals surface area contributed by atoms with E-state index in [0.29, 0.717) is 18.6 Å². The zero-order valence-corrected chi connectivity index (χ0v) is 11.6. The van der Waals surface area contributed by atoms with Crippen LogP contribution in [0.4, 0.5) is 0 Å². The van der Waals surface area contributed by atoms with Crippen molar-refractivity contribution in [1.82, 2.24) is 4.98 Å². The van der Waals surface area contributed by atoms with Crippen molar-refractivity contribution in [3.8, 4) is 0 Å². The first-order chi connectivity index (χ1) is 9.83. The van der Waals surface area contributed by atoms with Crippen LogP contribution in [-0.2, 0) is 11.2 Å². The molecule has 0 aliphatic carbocycles. The van der Waals surface area contributed by atoms with E-state index in [9.17, 15) is 4.79 Å². The van der Waals surface area contributed by atoms with Crippen molar-refractivity contribution in [2.24, 2.45) is 0 Å². The molecule has 0 radical (unpaired) electrons. The first kappa shape index (κ1) is 12.8. The highest BCUT2D eigenvalue weighted by atomic mass is 32.1. The van der Waals surface area contributed by atoms with Crippen molar-refractivity contribution in [3.63, 3.8) is 0 Å². The van der Waals surface area contributed by atoms with Gasteiger partial charge in [-0.05, 0) is 24.3 Å². The Labute approximate surface area is 120 Å². The molecule has 3 nitrogen and oxygen atoms in total. The molecule has 3 aromatic rings. The number of ether oxygens (including phenoxy) is 1. The van der Waals surface area contributed by atoms with Crippen molar-refractivity contribution in [1.29, 1.82) is 0 Å². The van der Waals surface area contributed by atoms with Crippen molar-refractivity contribution < 1.29 is 9.53 Å². The minimum absolute atomic E-state index is 0.285. The number of hydrogen-bond acceptors (Lipinski definition) is 4.